The SMILES string of the molecule is O=S(=O)(NC1CCC(CNC2CCc3ccccc3C2Cc2ccccc2)CC1)c1ccccc1. The largest absolute Gasteiger partial charge is 0.313 e. The zero-order valence-electron chi connectivity index (χ0n) is 20.3. The molecular formula is C30H36N2O2S. The van der Waals surface area contributed by atoms with Crippen molar-refractivity contribution in [2.24, 2.45) is 5.92 Å². The quantitative estimate of drug-likeness (QED) is 0.443. The van der Waals surface area contributed by atoms with Gasteiger partial charge in [0.1, 0.15) is 0 Å². The highest BCUT2D eigenvalue weighted by atomic mass is 32.2. The minimum Gasteiger partial charge on any atom is -0.313 e. The van der Waals surface area contributed by atoms with Crippen LogP contribution in [-0.4, -0.2) is 27.0 Å². The van der Waals surface area contributed by atoms with Gasteiger partial charge in [-0.15, -0.1) is 0 Å². The summed E-state index contributed by atoms with van der Waals surface area (Å²) in [5.74, 6) is 1.08. The molecule has 1 saturated carbocycles. The highest BCUT2D eigenvalue weighted by Gasteiger charge is 2.31. The van der Waals surface area contributed by atoms with Crippen LogP contribution in [-0.2, 0) is 22.9 Å². The maximum atomic E-state index is 12.7. The minimum absolute atomic E-state index is 0.0313. The van der Waals surface area contributed by atoms with Crippen LogP contribution in [0.25, 0.3) is 0 Å². The normalized spacial score (nSPS) is 24.6. The molecule has 0 bridgehead atoms. The Morgan fingerprint density at radius 1 is 0.743 bits per heavy atom. The Balaban J connectivity index is 1.17. The summed E-state index contributed by atoms with van der Waals surface area (Å²) in [4.78, 5) is 0.353. The Kier molecular flexibility index (Phi) is 7.66. The number of hydrogen-bond acceptors (Lipinski definition) is 3. The van der Waals surface area contributed by atoms with Gasteiger partial charge in [0, 0.05) is 18.0 Å². The van der Waals surface area contributed by atoms with Crippen molar-refractivity contribution in [2.45, 2.75) is 67.8 Å². The van der Waals surface area contributed by atoms with Gasteiger partial charge >= 0.3 is 0 Å². The van der Waals surface area contributed by atoms with Gasteiger partial charge in [-0.3, -0.25) is 0 Å². The third-order valence-corrected chi connectivity index (χ3v) is 9.39. The van der Waals surface area contributed by atoms with Crippen LogP contribution in [0.5, 0.6) is 0 Å². The van der Waals surface area contributed by atoms with E-state index in [0.29, 0.717) is 22.8 Å². The second kappa shape index (κ2) is 11.1. The average molecular weight is 489 g/mol. The van der Waals surface area contributed by atoms with Gasteiger partial charge in [-0.25, -0.2) is 13.1 Å². The molecule has 2 atom stereocenters. The molecule has 2 N–H and O–H groups in total. The lowest BCUT2D eigenvalue weighted by Gasteiger charge is -2.36. The zero-order chi connectivity index (χ0) is 24.1. The average Bonchev–Trinajstić information content (AvgIpc) is 2.90. The van der Waals surface area contributed by atoms with Crippen LogP contribution >= 0.6 is 0 Å². The lowest BCUT2D eigenvalue weighted by Crippen LogP contribution is -2.43. The predicted octanol–water partition coefficient (Wildman–Crippen LogP) is 5.45. The van der Waals surface area contributed by atoms with Gasteiger partial charge in [-0.05, 0) is 86.2 Å². The second-order valence-corrected chi connectivity index (χ2v) is 11.9. The second-order valence-electron chi connectivity index (χ2n) is 10.2. The molecular weight excluding hydrogens is 452 g/mol. The van der Waals surface area contributed by atoms with E-state index in [4.69, 9.17) is 0 Å². The van der Waals surface area contributed by atoms with E-state index in [0.717, 1.165) is 45.1 Å². The lowest BCUT2D eigenvalue weighted by atomic mass is 9.76. The summed E-state index contributed by atoms with van der Waals surface area (Å²) in [5.41, 5.74) is 4.39. The van der Waals surface area contributed by atoms with Crippen molar-refractivity contribution >= 4 is 10.0 Å². The molecule has 0 radical (unpaired) electrons. The van der Waals surface area contributed by atoms with Crippen LogP contribution < -0.4 is 10.0 Å². The smallest absolute Gasteiger partial charge is 0.240 e. The van der Waals surface area contributed by atoms with E-state index in [-0.39, 0.29) is 6.04 Å². The van der Waals surface area contributed by atoms with Gasteiger partial charge in [-0.1, -0.05) is 72.8 Å². The Bertz CT molecular complexity index is 1190. The monoisotopic (exact) mass is 488 g/mol. The van der Waals surface area contributed by atoms with Crippen LogP contribution in [0.1, 0.15) is 54.7 Å². The zero-order valence-corrected chi connectivity index (χ0v) is 21.1. The van der Waals surface area contributed by atoms with Gasteiger partial charge in [-0.2, -0.15) is 0 Å². The van der Waals surface area contributed by atoms with Crippen molar-refractivity contribution < 1.29 is 8.42 Å². The molecule has 2 unspecified atom stereocenters. The first-order valence-electron chi connectivity index (χ1n) is 13.0. The van der Waals surface area contributed by atoms with E-state index in [9.17, 15) is 8.42 Å². The van der Waals surface area contributed by atoms with E-state index >= 15 is 0 Å². The molecule has 0 heterocycles. The van der Waals surface area contributed by atoms with Gasteiger partial charge in [0.25, 0.3) is 0 Å². The van der Waals surface area contributed by atoms with Crippen molar-refractivity contribution in [3.05, 3.63) is 102 Å². The first-order chi connectivity index (χ1) is 17.1. The molecule has 184 valence electrons. The number of hydrogen-bond donors (Lipinski definition) is 2. The van der Waals surface area contributed by atoms with Gasteiger partial charge < -0.3 is 5.32 Å². The molecule has 3 aromatic carbocycles. The topological polar surface area (TPSA) is 58.2 Å². The summed E-state index contributed by atoms with van der Waals surface area (Å²) in [5, 5.41) is 3.95. The number of aryl methyl sites for hydroxylation is 1. The van der Waals surface area contributed by atoms with E-state index in [2.05, 4.69) is 64.6 Å². The lowest BCUT2D eigenvalue weighted by molar-refractivity contribution is 0.278. The van der Waals surface area contributed by atoms with Crippen LogP contribution in [0, 0.1) is 5.92 Å². The number of sulfonamides is 1. The first-order valence-corrected chi connectivity index (χ1v) is 14.5. The Morgan fingerprint density at radius 2 is 1.40 bits per heavy atom. The van der Waals surface area contributed by atoms with Crippen molar-refractivity contribution in [1.82, 2.24) is 10.0 Å². The number of rotatable bonds is 8. The number of fused-ring (bicyclic) bond motifs is 1. The molecule has 0 saturated heterocycles. The maximum absolute atomic E-state index is 12.7. The fourth-order valence-corrected chi connectivity index (χ4v) is 7.23. The molecule has 35 heavy (non-hydrogen) atoms. The number of benzene rings is 3. The minimum atomic E-state index is -3.44. The predicted molar refractivity (Wildman–Crippen MR) is 142 cm³/mol. The van der Waals surface area contributed by atoms with E-state index in [1.165, 1.54) is 23.1 Å². The Hall–Kier alpha value is -2.47. The maximum Gasteiger partial charge on any atom is 0.240 e. The molecule has 0 amide bonds. The van der Waals surface area contributed by atoms with Crippen LogP contribution in [0.2, 0.25) is 0 Å². The molecule has 5 rings (SSSR count). The van der Waals surface area contributed by atoms with E-state index < -0.39 is 10.0 Å². The molecule has 2 aliphatic rings. The van der Waals surface area contributed by atoms with Crippen LogP contribution in [0.15, 0.2) is 89.8 Å². The van der Waals surface area contributed by atoms with Crippen molar-refractivity contribution in [1.29, 1.82) is 0 Å². The third-order valence-electron chi connectivity index (χ3n) is 7.85. The molecule has 5 heteroatoms. The van der Waals surface area contributed by atoms with Crippen molar-refractivity contribution in [2.75, 3.05) is 6.54 Å². The molecule has 0 aromatic heterocycles. The summed E-state index contributed by atoms with van der Waals surface area (Å²) in [6, 6.07) is 29.0. The molecule has 3 aromatic rings. The van der Waals surface area contributed by atoms with E-state index in [1.807, 2.05) is 6.07 Å². The molecule has 1 fully saturated rings. The van der Waals surface area contributed by atoms with Gasteiger partial charge in [0.2, 0.25) is 10.0 Å². The molecule has 4 nitrogen and oxygen atoms in total. The van der Waals surface area contributed by atoms with Gasteiger partial charge in [0.05, 0.1) is 4.90 Å². The Labute approximate surface area is 210 Å². The van der Waals surface area contributed by atoms with Gasteiger partial charge in [0.15, 0.2) is 0 Å². The van der Waals surface area contributed by atoms with Crippen molar-refractivity contribution in [3.8, 4) is 0 Å². The molecule has 2 aliphatic carbocycles. The fourth-order valence-electron chi connectivity index (χ4n) is 5.91. The van der Waals surface area contributed by atoms with E-state index in [1.54, 1.807) is 24.3 Å². The summed E-state index contributed by atoms with van der Waals surface area (Å²) in [7, 11) is -3.44. The van der Waals surface area contributed by atoms with Crippen LogP contribution in [0.4, 0.5) is 0 Å². The van der Waals surface area contributed by atoms with Crippen LogP contribution in [0.3, 0.4) is 0 Å². The summed E-state index contributed by atoms with van der Waals surface area (Å²) in [6.07, 6.45) is 7.28. The highest BCUT2D eigenvalue weighted by Crippen LogP contribution is 2.35. The summed E-state index contributed by atoms with van der Waals surface area (Å²) in [6.45, 7) is 1.01. The number of nitrogens with one attached hydrogen (secondary N) is 2. The first kappa shape index (κ1) is 24.2. The fraction of sp³-hybridized carbons (Fsp3) is 0.400. The molecule has 0 spiro atoms. The van der Waals surface area contributed by atoms with Crippen molar-refractivity contribution in [3.63, 3.8) is 0 Å². The summed E-state index contributed by atoms with van der Waals surface area (Å²) >= 11 is 0. The standard InChI is InChI=1S/C30H36N2O2S/c33-35(34,27-12-5-2-6-13-27)32-26-18-15-24(16-19-26)22-31-30-20-17-25-11-7-8-14-28(25)29(30)21-23-9-3-1-4-10-23/h1-14,24,26,29-32H,15-22H2. The Morgan fingerprint density at radius 3 is 2.14 bits per heavy atom. The summed E-state index contributed by atoms with van der Waals surface area (Å²) < 4.78 is 28.3. The molecule has 0 aliphatic heterocycles. The highest BCUT2D eigenvalue weighted by molar-refractivity contribution is 7.89. The third kappa shape index (κ3) is 6.03.